The molecule has 0 amide bonds. The summed E-state index contributed by atoms with van der Waals surface area (Å²) in [5.41, 5.74) is 7.53. The van der Waals surface area contributed by atoms with Crippen LogP contribution in [-0.2, 0) is 0 Å². The van der Waals surface area contributed by atoms with Crippen LogP contribution in [0.4, 0.5) is 0 Å². The standard InChI is InChI=1S/C13H15N/c1-8(14)13-11-5-3-2-4-9(11)6-10-7-12(10)13/h2-6,8,10,12H,7,14H2,1H3/t8-,10?,12?/m1/s1. The highest BCUT2D eigenvalue weighted by atomic mass is 14.6. The highest BCUT2D eigenvalue weighted by molar-refractivity contribution is 5.63. The molecule has 2 unspecified atom stereocenters. The Bertz CT molecular complexity index is 484. The molecule has 1 heteroatoms. The van der Waals surface area contributed by atoms with Crippen LogP contribution < -0.4 is 16.2 Å². The fourth-order valence-electron chi connectivity index (χ4n) is 2.68. The topological polar surface area (TPSA) is 26.0 Å². The lowest BCUT2D eigenvalue weighted by atomic mass is 9.95. The van der Waals surface area contributed by atoms with Crippen LogP contribution in [0, 0.1) is 11.8 Å². The van der Waals surface area contributed by atoms with Gasteiger partial charge in [0.05, 0.1) is 0 Å². The first kappa shape index (κ1) is 8.25. The van der Waals surface area contributed by atoms with Gasteiger partial charge < -0.3 is 5.73 Å². The molecule has 14 heavy (non-hydrogen) atoms. The molecule has 0 saturated heterocycles. The van der Waals surface area contributed by atoms with Crippen molar-refractivity contribution < 1.29 is 0 Å². The van der Waals surface area contributed by atoms with E-state index in [1.807, 2.05) is 0 Å². The van der Waals surface area contributed by atoms with Crippen LogP contribution in [0.1, 0.15) is 13.3 Å². The highest BCUT2D eigenvalue weighted by Gasteiger charge is 2.40. The second-order valence-corrected chi connectivity index (χ2v) is 4.50. The molecule has 0 spiro atoms. The lowest BCUT2D eigenvalue weighted by molar-refractivity contribution is 0.848. The molecule has 1 aromatic rings. The van der Waals surface area contributed by atoms with Crippen molar-refractivity contribution >= 4 is 11.6 Å². The van der Waals surface area contributed by atoms with Crippen LogP contribution in [0.3, 0.4) is 0 Å². The molecule has 3 rings (SSSR count). The number of nitrogens with two attached hydrogens (primary N) is 1. The molecule has 2 aliphatic rings. The van der Waals surface area contributed by atoms with Crippen LogP contribution in [-0.4, -0.2) is 6.04 Å². The normalized spacial score (nSPS) is 30.0. The van der Waals surface area contributed by atoms with Crippen molar-refractivity contribution in [2.24, 2.45) is 17.6 Å². The molecule has 2 N–H and O–H groups in total. The van der Waals surface area contributed by atoms with Crippen LogP contribution in [0.2, 0.25) is 0 Å². The highest BCUT2D eigenvalue weighted by Crippen LogP contribution is 2.47. The SMILES string of the molecule is C[C@@H](N)C1=c2ccccc2=CC2CC12. The molecule has 1 nitrogen and oxygen atoms in total. The van der Waals surface area contributed by atoms with Gasteiger partial charge in [-0.2, -0.15) is 0 Å². The molecule has 3 atom stereocenters. The summed E-state index contributed by atoms with van der Waals surface area (Å²) in [6.45, 7) is 2.10. The van der Waals surface area contributed by atoms with Gasteiger partial charge in [0.25, 0.3) is 0 Å². The van der Waals surface area contributed by atoms with Gasteiger partial charge in [-0.15, -0.1) is 0 Å². The second kappa shape index (κ2) is 2.71. The molecule has 0 aliphatic heterocycles. The van der Waals surface area contributed by atoms with E-state index in [0.717, 1.165) is 11.8 Å². The predicted octanol–water partition coefficient (Wildman–Crippen LogP) is 0.615. The van der Waals surface area contributed by atoms with E-state index in [2.05, 4.69) is 37.3 Å². The summed E-state index contributed by atoms with van der Waals surface area (Å²) in [6, 6.07) is 8.83. The Kier molecular flexibility index (Phi) is 1.59. The maximum Gasteiger partial charge on any atom is 0.0237 e. The Morgan fingerprint density at radius 3 is 2.93 bits per heavy atom. The third kappa shape index (κ3) is 1.05. The summed E-state index contributed by atoms with van der Waals surface area (Å²) in [5, 5.41) is 2.78. The predicted molar refractivity (Wildman–Crippen MR) is 58.8 cm³/mol. The van der Waals surface area contributed by atoms with Gasteiger partial charge in [-0.1, -0.05) is 30.3 Å². The largest absolute Gasteiger partial charge is 0.324 e. The average Bonchev–Trinajstić information content (AvgIpc) is 2.91. The van der Waals surface area contributed by atoms with Gasteiger partial charge in [-0.05, 0) is 41.2 Å². The van der Waals surface area contributed by atoms with E-state index >= 15 is 0 Å². The van der Waals surface area contributed by atoms with Crippen molar-refractivity contribution in [2.75, 3.05) is 0 Å². The van der Waals surface area contributed by atoms with E-state index in [0.29, 0.717) is 0 Å². The zero-order valence-electron chi connectivity index (χ0n) is 8.40. The van der Waals surface area contributed by atoms with Crippen LogP contribution >= 0.6 is 0 Å². The fraction of sp³-hybridized carbons (Fsp3) is 0.385. The zero-order chi connectivity index (χ0) is 9.71. The summed E-state index contributed by atoms with van der Waals surface area (Å²) in [6.07, 6.45) is 3.72. The van der Waals surface area contributed by atoms with E-state index < -0.39 is 0 Å². The molecule has 1 aromatic carbocycles. The maximum atomic E-state index is 6.05. The molecular formula is C13H15N. The molecular weight excluding hydrogens is 170 g/mol. The molecule has 0 bridgehead atoms. The number of rotatable bonds is 1. The van der Waals surface area contributed by atoms with Gasteiger partial charge in [0.15, 0.2) is 0 Å². The minimum absolute atomic E-state index is 0.208. The molecule has 2 aliphatic carbocycles. The number of fused-ring (bicyclic) bond motifs is 2. The van der Waals surface area contributed by atoms with Crippen LogP contribution in [0.5, 0.6) is 0 Å². The van der Waals surface area contributed by atoms with Crippen molar-refractivity contribution in [3.05, 3.63) is 34.7 Å². The second-order valence-electron chi connectivity index (χ2n) is 4.50. The summed E-state index contributed by atoms with van der Waals surface area (Å²) in [4.78, 5) is 0. The van der Waals surface area contributed by atoms with Gasteiger partial charge in [0.2, 0.25) is 0 Å². The van der Waals surface area contributed by atoms with E-state index in [1.165, 1.54) is 22.4 Å². The minimum Gasteiger partial charge on any atom is -0.324 e. The first-order valence-corrected chi connectivity index (χ1v) is 5.34. The number of hydrogen-bond donors (Lipinski definition) is 1. The minimum atomic E-state index is 0.208. The van der Waals surface area contributed by atoms with Gasteiger partial charge in [0, 0.05) is 6.04 Å². The van der Waals surface area contributed by atoms with Crippen molar-refractivity contribution in [1.82, 2.24) is 0 Å². The first-order valence-electron chi connectivity index (χ1n) is 5.34. The van der Waals surface area contributed by atoms with Crippen molar-refractivity contribution in [3.63, 3.8) is 0 Å². The Balaban J connectivity index is 2.37. The van der Waals surface area contributed by atoms with Crippen molar-refractivity contribution in [3.8, 4) is 0 Å². The number of hydrogen-bond acceptors (Lipinski definition) is 1. The average molecular weight is 185 g/mol. The lowest BCUT2D eigenvalue weighted by Crippen LogP contribution is -2.36. The van der Waals surface area contributed by atoms with E-state index in [-0.39, 0.29) is 6.04 Å². The van der Waals surface area contributed by atoms with Gasteiger partial charge in [0.1, 0.15) is 0 Å². The maximum absolute atomic E-state index is 6.05. The quantitative estimate of drug-likeness (QED) is 0.682. The van der Waals surface area contributed by atoms with E-state index in [9.17, 15) is 0 Å². The molecule has 1 fully saturated rings. The van der Waals surface area contributed by atoms with Gasteiger partial charge in [-0.25, -0.2) is 0 Å². The van der Waals surface area contributed by atoms with Crippen LogP contribution in [0.15, 0.2) is 24.3 Å². The monoisotopic (exact) mass is 185 g/mol. The Morgan fingerprint density at radius 2 is 2.14 bits per heavy atom. The van der Waals surface area contributed by atoms with Gasteiger partial charge in [-0.3, -0.25) is 0 Å². The van der Waals surface area contributed by atoms with Gasteiger partial charge >= 0.3 is 0 Å². The Hall–Kier alpha value is -1.08. The molecule has 0 aromatic heterocycles. The molecule has 72 valence electrons. The summed E-state index contributed by atoms with van der Waals surface area (Å²) in [5.74, 6) is 1.54. The summed E-state index contributed by atoms with van der Waals surface area (Å²) in [7, 11) is 0. The third-order valence-corrected chi connectivity index (χ3v) is 3.40. The first-order chi connectivity index (χ1) is 6.77. The lowest BCUT2D eigenvalue weighted by Gasteiger charge is -2.14. The molecule has 1 saturated carbocycles. The molecule has 0 heterocycles. The van der Waals surface area contributed by atoms with Crippen LogP contribution in [0.25, 0.3) is 11.6 Å². The number of benzene rings is 1. The summed E-state index contributed by atoms with van der Waals surface area (Å²) >= 11 is 0. The van der Waals surface area contributed by atoms with Crippen molar-refractivity contribution in [1.29, 1.82) is 0 Å². The van der Waals surface area contributed by atoms with E-state index in [4.69, 9.17) is 5.73 Å². The Labute approximate surface area is 83.9 Å². The Morgan fingerprint density at radius 1 is 1.36 bits per heavy atom. The third-order valence-electron chi connectivity index (χ3n) is 3.40. The zero-order valence-corrected chi connectivity index (χ0v) is 8.40. The summed E-state index contributed by atoms with van der Waals surface area (Å²) < 4.78 is 0. The smallest absolute Gasteiger partial charge is 0.0237 e. The van der Waals surface area contributed by atoms with Crippen molar-refractivity contribution in [2.45, 2.75) is 19.4 Å². The fourth-order valence-corrected chi connectivity index (χ4v) is 2.68. The molecule has 0 radical (unpaired) electrons. The van der Waals surface area contributed by atoms with E-state index in [1.54, 1.807) is 0 Å².